The van der Waals surface area contributed by atoms with Gasteiger partial charge in [-0.05, 0) is 54.0 Å². The number of rotatable bonds is 3. The number of fused-ring (bicyclic) bond motifs is 1. The lowest BCUT2D eigenvalue weighted by atomic mass is 10.0. The molecule has 1 aliphatic heterocycles. The minimum Gasteiger partial charge on any atom is -0.435 e. The van der Waals surface area contributed by atoms with Crippen LogP contribution in [0.3, 0.4) is 0 Å². The molecule has 0 fully saturated rings. The summed E-state index contributed by atoms with van der Waals surface area (Å²) in [6, 6.07) is 14.6. The summed E-state index contributed by atoms with van der Waals surface area (Å²) in [6.07, 6.45) is 0.957. The van der Waals surface area contributed by atoms with Gasteiger partial charge in [0, 0.05) is 18.8 Å². The van der Waals surface area contributed by atoms with Crippen LogP contribution in [0.4, 0.5) is 14.5 Å². The Morgan fingerprint density at radius 2 is 1.78 bits per heavy atom. The maximum atomic E-state index is 12.1. The number of benzene rings is 2. The van der Waals surface area contributed by atoms with Crippen molar-refractivity contribution in [3.63, 3.8) is 0 Å². The summed E-state index contributed by atoms with van der Waals surface area (Å²) in [6.45, 7) is -1.19. The predicted molar refractivity (Wildman–Crippen MR) is 89.9 cm³/mol. The minimum absolute atomic E-state index is 0.128. The van der Waals surface area contributed by atoms with Crippen LogP contribution in [0.5, 0.6) is 5.75 Å². The average molecular weight is 334 g/mol. The Balaban J connectivity index is 1.61. The first-order valence-corrected chi connectivity index (χ1v) is 7.70. The Hall–Kier alpha value is -2.21. The van der Waals surface area contributed by atoms with Crippen LogP contribution in [0.1, 0.15) is 11.1 Å². The van der Waals surface area contributed by atoms with Crippen molar-refractivity contribution in [3.8, 4) is 5.75 Å². The lowest BCUT2D eigenvalue weighted by molar-refractivity contribution is -0.0498. The first-order chi connectivity index (χ1) is 11.1. The lowest BCUT2D eigenvalue weighted by Crippen LogP contribution is -2.38. The highest BCUT2D eigenvalue weighted by Crippen LogP contribution is 2.21. The molecule has 23 heavy (non-hydrogen) atoms. The molecular formula is C17H16F2N2OS. The van der Waals surface area contributed by atoms with Gasteiger partial charge in [0.05, 0.1) is 0 Å². The largest absolute Gasteiger partial charge is 0.435 e. The molecule has 120 valence electrons. The summed E-state index contributed by atoms with van der Waals surface area (Å²) >= 11 is 5.45. The maximum Gasteiger partial charge on any atom is 0.387 e. The highest BCUT2D eigenvalue weighted by molar-refractivity contribution is 7.80. The fourth-order valence-corrected chi connectivity index (χ4v) is 2.87. The first-order valence-electron chi connectivity index (χ1n) is 7.29. The second-order valence-corrected chi connectivity index (χ2v) is 5.66. The third-order valence-electron chi connectivity index (χ3n) is 3.75. The van der Waals surface area contributed by atoms with Crippen molar-refractivity contribution in [2.24, 2.45) is 0 Å². The Labute approximate surface area is 138 Å². The van der Waals surface area contributed by atoms with Crippen LogP contribution < -0.4 is 10.1 Å². The molecule has 0 unspecified atom stereocenters. The number of anilines is 1. The van der Waals surface area contributed by atoms with Crippen LogP contribution in [-0.4, -0.2) is 23.2 Å². The third kappa shape index (κ3) is 3.96. The molecule has 2 aromatic carbocycles. The van der Waals surface area contributed by atoms with Gasteiger partial charge in [-0.25, -0.2) is 0 Å². The molecule has 1 N–H and O–H groups in total. The molecule has 0 bridgehead atoms. The number of nitrogens with one attached hydrogen (secondary N) is 1. The van der Waals surface area contributed by atoms with Gasteiger partial charge in [0.25, 0.3) is 0 Å². The van der Waals surface area contributed by atoms with E-state index in [1.807, 2.05) is 12.1 Å². The monoisotopic (exact) mass is 334 g/mol. The summed E-state index contributed by atoms with van der Waals surface area (Å²) in [5, 5.41) is 3.76. The molecule has 0 atom stereocenters. The van der Waals surface area contributed by atoms with Crippen LogP contribution in [-0.2, 0) is 13.0 Å². The molecular weight excluding hydrogens is 318 g/mol. The van der Waals surface area contributed by atoms with E-state index in [-0.39, 0.29) is 5.75 Å². The van der Waals surface area contributed by atoms with E-state index in [0.29, 0.717) is 5.11 Å². The van der Waals surface area contributed by atoms with Gasteiger partial charge in [-0.2, -0.15) is 8.78 Å². The smallest absolute Gasteiger partial charge is 0.387 e. The molecule has 1 heterocycles. The zero-order chi connectivity index (χ0) is 16.2. The zero-order valence-corrected chi connectivity index (χ0v) is 13.2. The number of nitrogens with zero attached hydrogens (tertiary/aromatic N) is 1. The van der Waals surface area contributed by atoms with Gasteiger partial charge in [-0.3, -0.25) is 0 Å². The van der Waals surface area contributed by atoms with Gasteiger partial charge >= 0.3 is 6.61 Å². The number of thiocarbonyl (C=S) groups is 1. The molecule has 0 saturated heterocycles. The van der Waals surface area contributed by atoms with Gasteiger partial charge in [0.1, 0.15) is 5.75 Å². The predicted octanol–water partition coefficient (Wildman–Crippen LogP) is 4.04. The molecule has 1 aliphatic rings. The van der Waals surface area contributed by atoms with E-state index in [9.17, 15) is 8.78 Å². The molecule has 0 aliphatic carbocycles. The molecule has 0 radical (unpaired) electrons. The van der Waals surface area contributed by atoms with E-state index in [1.165, 1.54) is 23.3 Å². The second-order valence-electron chi connectivity index (χ2n) is 5.27. The Morgan fingerprint density at radius 3 is 2.48 bits per heavy atom. The van der Waals surface area contributed by atoms with Gasteiger partial charge in [0.15, 0.2) is 5.11 Å². The van der Waals surface area contributed by atoms with Gasteiger partial charge in [0.2, 0.25) is 0 Å². The van der Waals surface area contributed by atoms with E-state index in [2.05, 4.69) is 27.1 Å². The van der Waals surface area contributed by atoms with E-state index in [0.717, 1.165) is 25.2 Å². The van der Waals surface area contributed by atoms with Crippen molar-refractivity contribution < 1.29 is 13.5 Å². The fourth-order valence-electron chi connectivity index (χ4n) is 2.59. The fraction of sp³-hybridized carbons (Fsp3) is 0.235. The molecule has 0 spiro atoms. The molecule has 6 heteroatoms. The van der Waals surface area contributed by atoms with Crippen molar-refractivity contribution >= 4 is 23.0 Å². The van der Waals surface area contributed by atoms with Crippen LogP contribution in [0.15, 0.2) is 48.5 Å². The minimum atomic E-state index is -2.82. The van der Waals surface area contributed by atoms with E-state index < -0.39 is 6.61 Å². The summed E-state index contributed by atoms with van der Waals surface area (Å²) in [4.78, 5) is 2.10. The Bertz CT molecular complexity index is 691. The van der Waals surface area contributed by atoms with Gasteiger partial charge < -0.3 is 15.0 Å². The number of halogens is 2. The lowest BCUT2D eigenvalue weighted by Gasteiger charge is -2.31. The average Bonchev–Trinajstić information content (AvgIpc) is 2.55. The van der Waals surface area contributed by atoms with Crippen molar-refractivity contribution in [1.29, 1.82) is 0 Å². The summed E-state index contributed by atoms with van der Waals surface area (Å²) < 4.78 is 28.6. The number of hydrogen-bond acceptors (Lipinski definition) is 2. The van der Waals surface area contributed by atoms with Crippen LogP contribution in [0.2, 0.25) is 0 Å². The summed E-state index contributed by atoms with van der Waals surface area (Å²) in [5.74, 6) is 0.128. The normalized spacial score (nSPS) is 13.6. The van der Waals surface area contributed by atoms with Gasteiger partial charge in [-0.1, -0.05) is 24.3 Å². The zero-order valence-electron chi connectivity index (χ0n) is 12.3. The Morgan fingerprint density at radius 1 is 1.09 bits per heavy atom. The van der Waals surface area contributed by atoms with Crippen LogP contribution >= 0.6 is 12.2 Å². The second kappa shape index (κ2) is 6.91. The first kappa shape index (κ1) is 15.7. The van der Waals surface area contributed by atoms with E-state index in [4.69, 9.17) is 12.2 Å². The number of hydrogen-bond donors (Lipinski definition) is 1. The Kier molecular flexibility index (Phi) is 4.71. The molecule has 0 amide bonds. The number of alkyl halides is 2. The highest BCUT2D eigenvalue weighted by Gasteiger charge is 2.17. The quantitative estimate of drug-likeness (QED) is 0.856. The van der Waals surface area contributed by atoms with Crippen LogP contribution in [0, 0.1) is 0 Å². The third-order valence-corrected chi connectivity index (χ3v) is 4.11. The maximum absolute atomic E-state index is 12.1. The van der Waals surface area contributed by atoms with Crippen molar-refractivity contribution in [2.45, 2.75) is 19.6 Å². The van der Waals surface area contributed by atoms with E-state index >= 15 is 0 Å². The van der Waals surface area contributed by atoms with Gasteiger partial charge in [-0.15, -0.1) is 0 Å². The SMILES string of the molecule is FC(F)Oc1ccc(NC(=S)N2CCc3ccccc3C2)cc1. The molecule has 2 aromatic rings. The molecule has 0 saturated carbocycles. The highest BCUT2D eigenvalue weighted by atomic mass is 32.1. The van der Waals surface area contributed by atoms with Crippen LogP contribution in [0.25, 0.3) is 0 Å². The van der Waals surface area contributed by atoms with Crippen molar-refractivity contribution in [3.05, 3.63) is 59.7 Å². The molecule has 3 nitrogen and oxygen atoms in total. The van der Waals surface area contributed by atoms with Crippen molar-refractivity contribution in [2.75, 3.05) is 11.9 Å². The summed E-state index contributed by atoms with van der Waals surface area (Å²) in [5.41, 5.74) is 3.39. The molecule has 3 rings (SSSR count). The van der Waals surface area contributed by atoms with Crippen molar-refractivity contribution in [1.82, 2.24) is 4.90 Å². The number of ether oxygens (including phenoxy) is 1. The standard InChI is InChI=1S/C17H16F2N2OS/c18-16(19)22-15-7-5-14(6-8-15)20-17(23)21-10-9-12-3-1-2-4-13(12)11-21/h1-8,16H,9-11H2,(H,20,23). The molecule has 0 aromatic heterocycles. The topological polar surface area (TPSA) is 24.5 Å². The summed E-state index contributed by atoms with van der Waals surface area (Å²) in [7, 11) is 0. The van der Waals surface area contributed by atoms with E-state index in [1.54, 1.807) is 12.1 Å².